The van der Waals surface area contributed by atoms with Gasteiger partial charge in [0.1, 0.15) is 5.78 Å². The quantitative estimate of drug-likeness (QED) is 0.816. The highest BCUT2D eigenvalue weighted by molar-refractivity contribution is 5.76. The highest BCUT2D eigenvalue weighted by Gasteiger charge is 2.17. The maximum atomic E-state index is 10.8. The third-order valence-corrected chi connectivity index (χ3v) is 2.26. The number of ketones is 1. The summed E-state index contributed by atoms with van der Waals surface area (Å²) in [4.78, 5) is 10.8. The molecule has 0 unspecified atom stereocenters. The van der Waals surface area contributed by atoms with E-state index in [1.54, 1.807) is 18.2 Å². The van der Waals surface area contributed by atoms with Crippen molar-refractivity contribution in [3.63, 3.8) is 0 Å². The number of carbonyl (C=O) groups excluding carboxylic acids is 1. The Hall–Kier alpha value is -1.55. The molecule has 0 spiro atoms. The van der Waals surface area contributed by atoms with E-state index >= 15 is 0 Å². The number of fused-ring (bicyclic) bond motifs is 1. The molecule has 1 aliphatic heterocycles. The smallest absolute Gasteiger partial charge is 0.231 e. The van der Waals surface area contributed by atoms with Crippen molar-refractivity contribution in [2.45, 2.75) is 19.4 Å². The van der Waals surface area contributed by atoms with Crippen LogP contribution in [-0.2, 0) is 4.79 Å². The van der Waals surface area contributed by atoms with E-state index in [0.717, 1.165) is 0 Å². The molecule has 0 aliphatic carbocycles. The number of aliphatic hydroxyl groups is 1. The van der Waals surface area contributed by atoms with Crippen LogP contribution in [0.5, 0.6) is 11.5 Å². The minimum Gasteiger partial charge on any atom is -0.454 e. The first-order valence-electron chi connectivity index (χ1n) is 4.74. The second-order valence-corrected chi connectivity index (χ2v) is 3.53. The van der Waals surface area contributed by atoms with E-state index in [-0.39, 0.29) is 19.0 Å². The average molecular weight is 208 g/mol. The number of carbonyl (C=O) groups is 1. The van der Waals surface area contributed by atoms with Gasteiger partial charge in [0, 0.05) is 6.42 Å². The predicted molar refractivity (Wildman–Crippen MR) is 52.8 cm³/mol. The van der Waals surface area contributed by atoms with Crippen LogP contribution in [0.1, 0.15) is 25.0 Å². The fourth-order valence-corrected chi connectivity index (χ4v) is 1.51. The number of ether oxygens (including phenoxy) is 2. The molecule has 1 aromatic carbocycles. The zero-order valence-corrected chi connectivity index (χ0v) is 8.40. The van der Waals surface area contributed by atoms with Crippen molar-refractivity contribution in [2.24, 2.45) is 0 Å². The average Bonchev–Trinajstić information content (AvgIpc) is 2.62. The predicted octanol–water partition coefficient (Wildman–Crippen LogP) is 1.43. The first-order valence-corrected chi connectivity index (χ1v) is 4.74. The lowest BCUT2D eigenvalue weighted by molar-refractivity contribution is -0.118. The van der Waals surface area contributed by atoms with E-state index in [0.29, 0.717) is 17.1 Å². The molecular formula is C11H12O4. The van der Waals surface area contributed by atoms with Crippen molar-refractivity contribution in [1.82, 2.24) is 0 Å². The molecule has 0 bridgehead atoms. The third kappa shape index (κ3) is 2.10. The third-order valence-electron chi connectivity index (χ3n) is 2.26. The van der Waals surface area contributed by atoms with Crippen molar-refractivity contribution >= 4 is 5.78 Å². The van der Waals surface area contributed by atoms with Gasteiger partial charge in [0.05, 0.1) is 6.10 Å². The van der Waals surface area contributed by atoms with Gasteiger partial charge in [-0.15, -0.1) is 0 Å². The Morgan fingerprint density at radius 3 is 2.93 bits per heavy atom. The summed E-state index contributed by atoms with van der Waals surface area (Å²) in [6.07, 6.45) is -0.642. The Labute approximate surface area is 87.4 Å². The Bertz CT molecular complexity index is 386. The first-order chi connectivity index (χ1) is 7.16. The molecule has 15 heavy (non-hydrogen) atoms. The minimum atomic E-state index is -0.767. The fraction of sp³-hybridized carbons (Fsp3) is 0.364. The highest BCUT2D eigenvalue weighted by Crippen LogP contribution is 2.34. The molecule has 0 saturated carbocycles. The lowest BCUT2D eigenvalue weighted by Gasteiger charge is -2.09. The highest BCUT2D eigenvalue weighted by atomic mass is 16.7. The number of benzene rings is 1. The van der Waals surface area contributed by atoms with Crippen molar-refractivity contribution in [2.75, 3.05) is 6.79 Å². The molecule has 1 N–H and O–H groups in total. The number of aliphatic hydroxyl groups excluding tert-OH is 1. The van der Waals surface area contributed by atoms with Gasteiger partial charge in [-0.05, 0) is 24.6 Å². The molecule has 2 rings (SSSR count). The maximum absolute atomic E-state index is 10.8. The zero-order chi connectivity index (χ0) is 10.8. The molecule has 1 atom stereocenters. The maximum Gasteiger partial charge on any atom is 0.231 e. The van der Waals surface area contributed by atoms with Crippen LogP contribution in [0, 0.1) is 0 Å². The second-order valence-electron chi connectivity index (χ2n) is 3.53. The van der Waals surface area contributed by atoms with Crippen LogP contribution in [0.2, 0.25) is 0 Å². The van der Waals surface area contributed by atoms with Crippen LogP contribution in [0.3, 0.4) is 0 Å². The summed E-state index contributed by atoms with van der Waals surface area (Å²) >= 11 is 0. The molecule has 0 radical (unpaired) electrons. The summed E-state index contributed by atoms with van der Waals surface area (Å²) < 4.78 is 10.3. The summed E-state index contributed by atoms with van der Waals surface area (Å²) in [5, 5.41) is 9.70. The van der Waals surface area contributed by atoms with E-state index in [1.165, 1.54) is 6.92 Å². The second kappa shape index (κ2) is 3.90. The van der Waals surface area contributed by atoms with E-state index in [4.69, 9.17) is 9.47 Å². The van der Waals surface area contributed by atoms with Crippen LogP contribution in [0.15, 0.2) is 18.2 Å². The van der Waals surface area contributed by atoms with Crippen molar-refractivity contribution < 1.29 is 19.4 Å². The van der Waals surface area contributed by atoms with Gasteiger partial charge in [-0.2, -0.15) is 0 Å². The number of hydrogen-bond donors (Lipinski definition) is 1. The van der Waals surface area contributed by atoms with Crippen LogP contribution in [0.25, 0.3) is 0 Å². The molecule has 1 aliphatic rings. The van der Waals surface area contributed by atoms with Gasteiger partial charge in [0.2, 0.25) is 6.79 Å². The van der Waals surface area contributed by atoms with Gasteiger partial charge in [-0.1, -0.05) is 6.07 Å². The molecule has 4 nitrogen and oxygen atoms in total. The van der Waals surface area contributed by atoms with Gasteiger partial charge >= 0.3 is 0 Å². The van der Waals surface area contributed by atoms with E-state index in [2.05, 4.69) is 0 Å². The molecule has 0 amide bonds. The molecule has 0 fully saturated rings. The summed E-state index contributed by atoms with van der Waals surface area (Å²) in [6, 6.07) is 5.18. The van der Waals surface area contributed by atoms with Crippen LogP contribution < -0.4 is 9.47 Å². The lowest BCUT2D eigenvalue weighted by atomic mass is 10.0. The van der Waals surface area contributed by atoms with Crippen molar-refractivity contribution in [1.29, 1.82) is 0 Å². The van der Waals surface area contributed by atoms with E-state index in [9.17, 15) is 9.90 Å². The Morgan fingerprint density at radius 2 is 2.20 bits per heavy atom. The summed E-state index contributed by atoms with van der Waals surface area (Å²) in [5.74, 6) is 1.25. The molecule has 0 aromatic heterocycles. The Morgan fingerprint density at radius 1 is 1.47 bits per heavy atom. The van der Waals surface area contributed by atoms with Crippen LogP contribution in [-0.4, -0.2) is 17.7 Å². The molecular weight excluding hydrogens is 196 g/mol. The molecule has 0 saturated heterocycles. The standard InChI is InChI=1S/C11H12O4/c1-7(12)4-9(13)8-2-3-10-11(5-8)15-6-14-10/h2-3,5,9,13H,4,6H2,1H3/t9-/m0/s1. The molecule has 1 heterocycles. The van der Waals surface area contributed by atoms with Gasteiger partial charge in [0.15, 0.2) is 11.5 Å². The largest absolute Gasteiger partial charge is 0.454 e. The summed E-state index contributed by atoms with van der Waals surface area (Å²) in [5.41, 5.74) is 0.675. The molecule has 80 valence electrons. The normalized spacial score (nSPS) is 15.1. The van der Waals surface area contributed by atoms with Crippen LogP contribution in [0.4, 0.5) is 0 Å². The Kier molecular flexibility index (Phi) is 2.60. The summed E-state index contributed by atoms with van der Waals surface area (Å²) in [6.45, 7) is 1.66. The molecule has 1 aromatic rings. The number of rotatable bonds is 3. The van der Waals surface area contributed by atoms with Gasteiger partial charge in [-0.3, -0.25) is 4.79 Å². The summed E-state index contributed by atoms with van der Waals surface area (Å²) in [7, 11) is 0. The fourth-order valence-electron chi connectivity index (χ4n) is 1.51. The van der Waals surface area contributed by atoms with Crippen molar-refractivity contribution in [3.05, 3.63) is 23.8 Å². The van der Waals surface area contributed by atoms with E-state index in [1.807, 2.05) is 0 Å². The van der Waals surface area contributed by atoms with E-state index < -0.39 is 6.10 Å². The monoisotopic (exact) mass is 208 g/mol. The van der Waals surface area contributed by atoms with Crippen LogP contribution >= 0.6 is 0 Å². The lowest BCUT2D eigenvalue weighted by Crippen LogP contribution is -2.02. The van der Waals surface area contributed by atoms with Gasteiger partial charge < -0.3 is 14.6 Å². The number of hydrogen-bond acceptors (Lipinski definition) is 4. The zero-order valence-electron chi connectivity index (χ0n) is 8.40. The molecule has 4 heteroatoms. The number of Topliss-reactive ketones (excluding diaryl/α,β-unsaturated/α-hetero) is 1. The minimum absolute atomic E-state index is 0.0415. The van der Waals surface area contributed by atoms with Gasteiger partial charge in [0.25, 0.3) is 0 Å². The first kappa shape index (κ1) is 9.98. The SMILES string of the molecule is CC(=O)C[C@H](O)c1ccc2c(c1)OCO2. The Balaban J connectivity index is 2.19. The van der Waals surface area contributed by atoms with Crippen molar-refractivity contribution in [3.8, 4) is 11.5 Å². The topological polar surface area (TPSA) is 55.8 Å². The van der Waals surface area contributed by atoms with Gasteiger partial charge in [-0.25, -0.2) is 0 Å².